The number of carboxylic acid groups (broad SMARTS) is 1. The quantitative estimate of drug-likeness (QED) is 0.227. The molecule has 2 atom stereocenters. The van der Waals surface area contributed by atoms with Crippen molar-refractivity contribution in [3.05, 3.63) is 35.4 Å². The van der Waals surface area contributed by atoms with Gasteiger partial charge in [0.25, 0.3) is 5.91 Å². The van der Waals surface area contributed by atoms with Gasteiger partial charge in [0.1, 0.15) is 11.1 Å². The molecule has 1 heterocycles. The van der Waals surface area contributed by atoms with Crippen LogP contribution in [0.5, 0.6) is 0 Å². The predicted molar refractivity (Wildman–Crippen MR) is 145 cm³/mol. The number of hydrogen-bond donors (Lipinski definition) is 3. The van der Waals surface area contributed by atoms with E-state index >= 15 is 0 Å². The largest absolute Gasteiger partial charge is 0.481 e. The number of esters is 1. The average Bonchev–Trinajstić information content (AvgIpc) is 3.24. The zero-order chi connectivity index (χ0) is 27.7. The van der Waals surface area contributed by atoms with Crippen LogP contribution >= 0.6 is 11.8 Å². The van der Waals surface area contributed by atoms with Crippen molar-refractivity contribution in [2.24, 2.45) is 15.7 Å². The number of nitrogens with one attached hydrogen (secondary N) is 1. The van der Waals surface area contributed by atoms with E-state index in [0.717, 1.165) is 25.7 Å². The molecule has 2 unspecified atom stereocenters. The number of hydrogen-bond acceptors (Lipinski definition) is 7. The number of carbonyl (C=O) groups is 4. The van der Waals surface area contributed by atoms with Gasteiger partial charge in [-0.15, -0.1) is 0 Å². The molecule has 38 heavy (non-hydrogen) atoms. The minimum atomic E-state index is -0.955. The lowest BCUT2D eigenvalue weighted by atomic mass is 9.93. The van der Waals surface area contributed by atoms with Gasteiger partial charge in [0.05, 0.1) is 26.5 Å². The molecule has 0 radical (unpaired) electrons. The summed E-state index contributed by atoms with van der Waals surface area (Å²) >= 11 is 1.28. The van der Waals surface area contributed by atoms with Gasteiger partial charge in [0, 0.05) is 29.8 Å². The Bertz CT molecular complexity index is 1080. The number of methoxy groups -OCH3 is 1. The summed E-state index contributed by atoms with van der Waals surface area (Å²) < 4.78 is 4.63. The number of rotatable bonds is 10. The van der Waals surface area contributed by atoms with Crippen molar-refractivity contribution in [1.29, 1.82) is 0 Å². The van der Waals surface area contributed by atoms with Crippen molar-refractivity contribution in [2.75, 3.05) is 20.2 Å². The Morgan fingerprint density at radius 3 is 2.39 bits per heavy atom. The topological polar surface area (TPSA) is 164 Å². The molecule has 1 saturated heterocycles. The molecular weight excluding hydrogens is 510 g/mol. The number of carbonyl (C=O) groups excluding carboxylic acids is 3. The first-order chi connectivity index (χ1) is 18.2. The van der Waals surface area contributed by atoms with Gasteiger partial charge in [0.15, 0.2) is 5.17 Å². The summed E-state index contributed by atoms with van der Waals surface area (Å²) in [6.07, 6.45) is 5.27. The summed E-state index contributed by atoms with van der Waals surface area (Å²) in [5.41, 5.74) is 6.87. The second kappa shape index (κ2) is 13.9. The zero-order valence-electron chi connectivity index (χ0n) is 21.7. The summed E-state index contributed by atoms with van der Waals surface area (Å²) in [4.78, 5) is 58.7. The molecule has 1 aliphatic heterocycles. The highest BCUT2D eigenvalue weighted by Gasteiger charge is 2.44. The third-order valence-electron chi connectivity index (χ3n) is 6.65. The molecule has 1 aromatic rings. The Morgan fingerprint density at radius 2 is 1.76 bits per heavy atom. The Labute approximate surface area is 226 Å². The first kappa shape index (κ1) is 29.2. The number of nitrogens with two attached hydrogens (primary N) is 1. The van der Waals surface area contributed by atoms with E-state index in [9.17, 15) is 19.2 Å². The van der Waals surface area contributed by atoms with Crippen LogP contribution in [0, 0.1) is 0 Å². The molecule has 0 aromatic heterocycles. The van der Waals surface area contributed by atoms with Crippen LogP contribution in [-0.4, -0.2) is 82.3 Å². The van der Waals surface area contributed by atoms with Gasteiger partial charge in [-0.2, -0.15) is 4.99 Å². The average molecular weight is 546 g/mol. The van der Waals surface area contributed by atoms with Gasteiger partial charge in [-0.1, -0.05) is 43.2 Å². The highest BCUT2D eigenvalue weighted by Crippen LogP contribution is 2.37. The van der Waals surface area contributed by atoms with Crippen LogP contribution in [0.25, 0.3) is 0 Å². The molecule has 1 aliphatic carbocycles. The monoisotopic (exact) mass is 545 g/mol. The summed E-state index contributed by atoms with van der Waals surface area (Å²) in [5.74, 6) is -1.79. The smallest absolute Gasteiger partial charge is 0.307 e. The van der Waals surface area contributed by atoms with Gasteiger partial charge in [0.2, 0.25) is 5.91 Å². The van der Waals surface area contributed by atoms with Crippen LogP contribution in [0.4, 0.5) is 0 Å². The van der Waals surface area contributed by atoms with Gasteiger partial charge in [-0.3, -0.25) is 24.2 Å². The number of aliphatic carboxylic acids is 1. The lowest BCUT2D eigenvalue weighted by Crippen LogP contribution is -2.47. The van der Waals surface area contributed by atoms with Gasteiger partial charge >= 0.3 is 11.9 Å². The third kappa shape index (κ3) is 7.80. The Morgan fingerprint density at radius 1 is 1.11 bits per heavy atom. The third-order valence-corrected chi connectivity index (χ3v) is 8.02. The summed E-state index contributed by atoms with van der Waals surface area (Å²) in [6.45, 7) is 2.22. The summed E-state index contributed by atoms with van der Waals surface area (Å²) in [6, 6.07) is 6.53. The minimum absolute atomic E-state index is 0.0688. The lowest BCUT2D eigenvalue weighted by molar-refractivity contribution is -0.140. The van der Waals surface area contributed by atoms with Crippen LogP contribution in [0.2, 0.25) is 0 Å². The molecule has 1 aromatic carbocycles. The first-order valence-electron chi connectivity index (χ1n) is 12.8. The first-order valence-corrected chi connectivity index (χ1v) is 13.6. The summed E-state index contributed by atoms with van der Waals surface area (Å²) in [7, 11) is 1.30. The van der Waals surface area contributed by atoms with E-state index in [0.29, 0.717) is 16.3 Å². The van der Waals surface area contributed by atoms with E-state index in [4.69, 9.17) is 10.8 Å². The SMILES string of the molecule is COC(=O)CCNC(=O)C1SC(=NC(=O)c2ccc(C(N)=NCCC(=O)O)cc2)N(C2CCCCC2)C1C. The number of ether oxygens (including phenoxy) is 1. The van der Waals surface area contributed by atoms with E-state index in [-0.39, 0.29) is 49.8 Å². The number of nitrogens with zero attached hydrogens (tertiary/aromatic N) is 3. The highest BCUT2D eigenvalue weighted by molar-refractivity contribution is 8.15. The Kier molecular flexibility index (Phi) is 10.7. The molecule has 11 nitrogen and oxygen atoms in total. The van der Waals surface area contributed by atoms with Gasteiger partial charge < -0.3 is 25.8 Å². The number of amides is 2. The van der Waals surface area contributed by atoms with E-state index in [1.807, 2.05) is 6.92 Å². The van der Waals surface area contributed by atoms with E-state index in [1.54, 1.807) is 24.3 Å². The fourth-order valence-corrected chi connectivity index (χ4v) is 5.90. The minimum Gasteiger partial charge on any atom is -0.481 e. The van der Waals surface area contributed by atoms with Crippen molar-refractivity contribution in [3.63, 3.8) is 0 Å². The highest BCUT2D eigenvalue weighted by atomic mass is 32.2. The van der Waals surface area contributed by atoms with E-state index in [2.05, 4.69) is 24.9 Å². The Balaban J connectivity index is 1.75. The van der Waals surface area contributed by atoms with Crippen LogP contribution in [0.3, 0.4) is 0 Å². The zero-order valence-corrected chi connectivity index (χ0v) is 22.5. The molecule has 3 rings (SSSR count). The van der Waals surface area contributed by atoms with Gasteiger partial charge in [-0.25, -0.2) is 0 Å². The van der Waals surface area contributed by atoms with Crippen molar-refractivity contribution in [3.8, 4) is 0 Å². The van der Waals surface area contributed by atoms with Crippen molar-refractivity contribution >= 4 is 46.5 Å². The second-order valence-electron chi connectivity index (χ2n) is 9.28. The molecule has 0 bridgehead atoms. The second-order valence-corrected chi connectivity index (χ2v) is 10.4. The maximum absolute atomic E-state index is 13.1. The van der Waals surface area contributed by atoms with E-state index in [1.165, 1.54) is 25.3 Å². The Hall–Kier alpha value is -3.41. The molecule has 206 valence electrons. The maximum atomic E-state index is 13.1. The number of thioether (sulfide) groups is 1. The predicted octanol–water partition coefficient (Wildman–Crippen LogP) is 2.18. The molecular formula is C26H35N5O6S. The molecule has 12 heteroatoms. The van der Waals surface area contributed by atoms with Crippen molar-refractivity contribution < 1.29 is 29.0 Å². The number of carboxylic acids is 1. The number of amidine groups is 2. The van der Waals surface area contributed by atoms with Crippen LogP contribution < -0.4 is 11.1 Å². The standard InChI is InChI=1S/C26H35N5O6S/c1-16-22(25(36)29-15-13-21(34)37-2)38-26(31(16)19-6-4-3-5-7-19)30-24(35)18-10-8-17(9-11-18)23(27)28-14-12-20(32)33/h8-11,16,19,22H,3-7,12-15H2,1-2H3,(H2,27,28)(H,29,36)(H,32,33). The summed E-state index contributed by atoms with van der Waals surface area (Å²) in [5, 5.41) is 11.6. The maximum Gasteiger partial charge on any atom is 0.307 e. The number of aliphatic imine (C=N–C) groups is 2. The van der Waals surface area contributed by atoms with Crippen molar-refractivity contribution in [2.45, 2.75) is 69.2 Å². The van der Waals surface area contributed by atoms with Gasteiger partial charge in [-0.05, 0) is 31.9 Å². The van der Waals surface area contributed by atoms with Crippen LogP contribution in [0.1, 0.15) is 67.8 Å². The van der Waals surface area contributed by atoms with Crippen LogP contribution in [-0.2, 0) is 19.1 Å². The molecule has 2 aliphatic rings. The van der Waals surface area contributed by atoms with Crippen LogP contribution in [0.15, 0.2) is 34.3 Å². The molecule has 1 saturated carbocycles. The molecule has 4 N–H and O–H groups in total. The number of benzene rings is 1. The molecule has 0 spiro atoms. The normalized spacial score (nSPS) is 21.4. The van der Waals surface area contributed by atoms with Crippen molar-refractivity contribution in [1.82, 2.24) is 10.2 Å². The molecule has 2 amide bonds. The lowest BCUT2D eigenvalue weighted by Gasteiger charge is -2.36. The van der Waals surface area contributed by atoms with E-state index < -0.39 is 23.1 Å². The fourth-order valence-electron chi connectivity index (χ4n) is 4.59. The molecule has 2 fully saturated rings. The fraction of sp³-hybridized carbons (Fsp3) is 0.538.